The molecule has 1 N–H and O–H groups in total. The fourth-order valence-corrected chi connectivity index (χ4v) is 1.90. The first-order valence-electron chi connectivity index (χ1n) is 6.65. The highest BCUT2D eigenvalue weighted by molar-refractivity contribution is 5.69. The van der Waals surface area contributed by atoms with Gasteiger partial charge < -0.3 is 14.8 Å². The maximum Gasteiger partial charge on any atom is 0.157 e. The lowest BCUT2D eigenvalue weighted by atomic mass is 10.1. The van der Waals surface area contributed by atoms with E-state index < -0.39 is 0 Å². The Morgan fingerprint density at radius 2 is 2.05 bits per heavy atom. The molecule has 0 saturated heterocycles. The standard InChI is InChI=1S/C15H18FN3O2/c1-4-21-9-15-18-12(8-14(17-2)19-15)11-7-10(16)5-6-13(11)20-3/h5-8H,4,9H2,1-3H3,(H,17,18,19). The van der Waals surface area contributed by atoms with Crippen LogP contribution < -0.4 is 10.1 Å². The van der Waals surface area contributed by atoms with Crippen LogP contribution in [0.1, 0.15) is 12.7 Å². The monoisotopic (exact) mass is 291 g/mol. The molecule has 0 atom stereocenters. The molecular formula is C15H18FN3O2. The molecule has 2 aromatic rings. The molecule has 1 aromatic carbocycles. The van der Waals surface area contributed by atoms with E-state index in [4.69, 9.17) is 9.47 Å². The fraction of sp³-hybridized carbons (Fsp3) is 0.333. The Balaban J connectivity index is 2.49. The van der Waals surface area contributed by atoms with Crippen molar-refractivity contribution in [3.8, 4) is 17.0 Å². The van der Waals surface area contributed by atoms with Gasteiger partial charge in [-0.05, 0) is 25.1 Å². The molecule has 0 amide bonds. The van der Waals surface area contributed by atoms with Gasteiger partial charge in [-0.3, -0.25) is 0 Å². The van der Waals surface area contributed by atoms with Gasteiger partial charge >= 0.3 is 0 Å². The van der Waals surface area contributed by atoms with Gasteiger partial charge in [0.25, 0.3) is 0 Å². The van der Waals surface area contributed by atoms with Gasteiger partial charge in [-0.1, -0.05) is 0 Å². The van der Waals surface area contributed by atoms with Crippen molar-refractivity contribution in [1.82, 2.24) is 9.97 Å². The molecule has 1 heterocycles. The summed E-state index contributed by atoms with van der Waals surface area (Å²) in [6, 6.07) is 6.06. The summed E-state index contributed by atoms with van der Waals surface area (Å²) in [5.74, 6) is 1.38. The predicted octanol–water partition coefficient (Wildman–Crippen LogP) is 2.87. The van der Waals surface area contributed by atoms with Gasteiger partial charge in [-0.25, -0.2) is 14.4 Å². The zero-order valence-corrected chi connectivity index (χ0v) is 12.3. The maximum absolute atomic E-state index is 13.5. The summed E-state index contributed by atoms with van der Waals surface area (Å²) in [5.41, 5.74) is 1.16. The lowest BCUT2D eigenvalue weighted by molar-refractivity contribution is 0.128. The highest BCUT2D eigenvalue weighted by Crippen LogP contribution is 2.30. The van der Waals surface area contributed by atoms with Crippen molar-refractivity contribution in [1.29, 1.82) is 0 Å². The van der Waals surface area contributed by atoms with Crippen LogP contribution >= 0.6 is 0 Å². The van der Waals surface area contributed by atoms with Gasteiger partial charge in [0.2, 0.25) is 0 Å². The number of hydrogen-bond donors (Lipinski definition) is 1. The van der Waals surface area contributed by atoms with Crippen molar-refractivity contribution in [2.24, 2.45) is 0 Å². The molecule has 0 saturated carbocycles. The molecule has 0 aliphatic heterocycles. The second-order valence-corrected chi connectivity index (χ2v) is 4.29. The third-order valence-corrected chi connectivity index (χ3v) is 2.90. The molecule has 112 valence electrons. The van der Waals surface area contributed by atoms with E-state index in [9.17, 15) is 4.39 Å². The number of aromatic nitrogens is 2. The number of nitrogens with one attached hydrogen (secondary N) is 1. The summed E-state index contributed by atoms with van der Waals surface area (Å²) >= 11 is 0. The van der Waals surface area contributed by atoms with E-state index in [1.54, 1.807) is 19.2 Å². The van der Waals surface area contributed by atoms with Crippen LogP contribution in [0.2, 0.25) is 0 Å². The summed E-state index contributed by atoms with van der Waals surface area (Å²) in [6.45, 7) is 2.78. The lowest BCUT2D eigenvalue weighted by Crippen LogP contribution is -2.04. The van der Waals surface area contributed by atoms with Gasteiger partial charge in [0.1, 0.15) is 24.0 Å². The lowest BCUT2D eigenvalue weighted by Gasteiger charge is -2.11. The Morgan fingerprint density at radius 3 is 2.71 bits per heavy atom. The minimum absolute atomic E-state index is 0.302. The van der Waals surface area contributed by atoms with Crippen LogP contribution in [-0.2, 0) is 11.3 Å². The van der Waals surface area contributed by atoms with Crippen LogP contribution in [0.3, 0.4) is 0 Å². The number of halogens is 1. The van der Waals surface area contributed by atoms with Gasteiger partial charge in [-0.15, -0.1) is 0 Å². The minimum Gasteiger partial charge on any atom is -0.496 e. The second-order valence-electron chi connectivity index (χ2n) is 4.29. The zero-order chi connectivity index (χ0) is 15.2. The topological polar surface area (TPSA) is 56.3 Å². The Kier molecular flexibility index (Phi) is 5.05. The molecule has 5 nitrogen and oxygen atoms in total. The zero-order valence-electron chi connectivity index (χ0n) is 12.3. The smallest absolute Gasteiger partial charge is 0.157 e. The number of hydrogen-bond acceptors (Lipinski definition) is 5. The number of ether oxygens (including phenoxy) is 2. The molecule has 0 radical (unpaired) electrons. The van der Waals surface area contributed by atoms with Crippen LogP contribution in [0.25, 0.3) is 11.3 Å². The van der Waals surface area contributed by atoms with Crippen molar-refractivity contribution in [2.45, 2.75) is 13.5 Å². The largest absolute Gasteiger partial charge is 0.496 e. The Morgan fingerprint density at radius 1 is 1.24 bits per heavy atom. The van der Waals surface area contributed by atoms with Crippen LogP contribution in [0.5, 0.6) is 5.75 Å². The normalized spacial score (nSPS) is 10.5. The summed E-state index contributed by atoms with van der Waals surface area (Å²) in [6.07, 6.45) is 0. The van der Waals surface area contributed by atoms with E-state index in [1.165, 1.54) is 19.2 Å². The molecule has 2 rings (SSSR count). The first kappa shape index (κ1) is 15.2. The fourth-order valence-electron chi connectivity index (χ4n) is 1.90. The summed E-state index contributed by atoms with van der Waals surface area (Å²) in [4.78, 5) is 8.73. The Labute approximate surface area is 123 Å². The van der Waals surface area contributed by atoms with E-state index >= 15 is 0 Å². The number of benzene rings is 1. The van der Waals surface area contributed by atoms with E-state index in [-0.39, 0.29) is 5.82 Å². The Hall–Kier alpha value is -2.21. The first-order valence-corrected chi connectivity index (χ1v) is 6.65. The molecule has 21 heavy (non-hydrogen) atoms. The van der Waals surface area contributed by atoms with Crippen molar-refractivity contribution < 1.29 is 13.9 Å². The molecule has 0 bridgehead atoms. The van der Waals surface area contributed by atoms with Crippen molar-refractivity contribution in [3.63, 3.8) is 0 Å². The van der Waals surface area contributed by atoms with Gasteiger partial charge in [0.15, 0.2) is 5.82 Å². The summed E-state index contributed by atoms with van der Waals surface area (Å²) in [5, 5.41) is 2.96. The summed E-state index contributed by atoms with van der Waals surface area (Å²) < 4.78 is 24.1. The van der Waals surface area contributed by atoms with Crippen molar-refractivity contribution in [2.75, 3.05) is 26.1 Å². The molecular weight excluding hydrogens is 273 g/mol. The molecule has 0 unspecified atom stereocenters. The first-order chi connectivity index (χ1) is 10.2. The molecule has 0 fully saturated rings. The van der Waals surface area contributed by atoms with Crippen molar-refractivity contribution >= 4 is 5.82 Å². The average molecular weight is 291 g/mol. The molecule has 1 aromatic heterocycles. The summed E-state index contributed by atoms with van der Waals surface area (Å²) in [7, 11) is 3.30. The van der Waals surface area contributed by atoms with Crippen LogP contribution in [0.15, 0.2) is 24.3 Å². The maximum atomic E-state index is 13.5. The number of nitrogens with zero attached hydrogens (tertiary/aromatic N) is 2. The highest BCUT2D eigenvalue weighted by atomic mass is 19.1. The molecule has 0 aliphatic carbocycles. The third kappa shape index (κ3) is 3.66. The highest BCUT2D eigenvalue weighted by Gasteiger charge is 2.12. The average Bonchev–Trinajstić information content (AvgIpc) is 2.52. The minimum atomic E-state index is -0.346. The van der Waals surface area contributed by atoms with Crippen LogP contribution in [0, 0.1) is 5.82 Å². The molecule has 0 spiro atoms. The molecule has 6 heteroatoms. The van der Waals surface area contributed by atoms with Crippen molar-refractivity contribution in [3.05, 3.63) is 35.9 Å². The predicted molar refractivity (Wildman–Crippen MR) is 78.9 cm³/mol. The van der Waals surface area contributed by atoms with E-state index in [0.717, 1.165) is 0 Å². The third-order valence-electron chi connectivity index (χ3n) is 2.90. The van der Waals surface area contributed by atoms with Gasteiger partial charge in [0.05, 0.1) is 12.8 Å². The second kappa shape index (κ2) is 6.99. The van der Waals surface area contributed by atoms with E-state index in [2.05, 4.69) is 15.3 Å². The Bertz CT molecular complexity index is 620. The number of anilines is 1. The number of rotatable bonds is 6. The number of methoxy groups -OCH3 is 1. The van der Waals surface area contributed by atoms with E-state index in [0.29, 0.717) is 41.9 Å². The van der Waals surface area contributed by atoms with Gasteiger partial charge in [-0.2, -0.15) is 0 Å². The SMILES string of the molecule is CCOCc1nc(NC)cc(-c2cc(F)ccc2OC)n1. The van der Waals surface area contributed by atoms with Gasteiger partial charge in [0, 0.05) is 25.3 Å². The quantitative estimate of drug-likeness (QED) is 0.887. The van der Waals surface area contributed by atoms with Crippen LogP contribution in [-0.4, -0.2) is 30.7 Å². The molecule has 0 aliphatic rings. The van der Waals surface area contributed by atoms with Crippen LogP contribution in [0.4, 0.5) is 10.2 Å². The van der Waals surface area contributed by atoms with E-state index in [1.807, 2.05) is 6.92 Å².